The van der Waals surface area contributed by atoms with E-state index >= 15 is 0 Å². The zero-order chi connectivity index (χ0) is 15.3. The summed E-state index contributed by atoms with van der Waals surface area (Å²) in [6.45, 7) is 1.88. The van der Waals surface area contributed by atoms with E-state index in [2.05, 4.69) is 15.9 Å². The van der Waals surface area contributed by atoms with Crippen LogP contribution in [0.25, 0.3) is 0 Å². The molecule has 0 fully saturated rings. The summed E-state index contributed by atoms with van der Waals surface area (Å²) in [6, 6.07) is 7.14. The molecule has 0 radical (unpaired) electrons. The van der Waals surface area contributed by atoms with Crippen molar-refractivity contribution in [3.63, 3.8) is 0 Å². The van der Waals surface area contributed by atoms with Crippen LogP contribution in [0.15, 0.2) is 28.7 Å². The Morgan fingerprint density at radius 2 is 1.80 bits per heavy atom. The summed E-state index contributed by atoms with van der Waals surface area (Å²) in [6.07, 6.45) is -4.26. The van der Waals surface area contributed by atoms with Crippen LogP contribution in [0.5, 0.6) is 0 Å². The molecular formula is C14H20BrF3N2. The van der Waals surface area contributed by atoms with Crippen molar-refractivity contribution >= 4 is 15.9 Å². The Kier molecular flexibility index (Phi) is 6.48. The SMILES string of the molecule is CCC(N)C(c1ccc(Br)cc1)N(C)CCC(F)(F)F. The van der Waals surface area contributed by atoms with E-state index in [0.29, 0.717) is 6.42 Å². The summed E-state index contributed by atoms with van der Waals surface area (Å²) in [5.41, 5.74) is 7.03. The average molecular weight is 353 g/mol. The molecule has 20 heavy (non-hydrogen) atoms. The molecule has 114 valence electrons. The lowest BCUT2D eigenvalue weighted by Gasteiger charge is -2.33. The topological polar surface area (TPSA) is 29.3 Å². The number of rotatable bonds is 6. The van der Waals surface area contributed by atoms with Crippen molar-refractivity contribution in [2.24, 2.45) is 5.73 Å². The summed E-state index contributed by atoms with van der Waals surface area (Å²) >= 11 is 3.35. The van der Waals surface area contributed by atoms with Crippen LogP contribution in [-0.2, 0) is 0 Å². The molecule has 2 unspecified atom stereocenters. The fourth-order valence-electron chi connectivity index (χ4n) is 2.15. The summed E-state index contributed by atoms with van der Waals surface area (Å²) in [5, 5.41) is 0. The first kappa shape index (κ1) is 17.5. The predicted octanol–water partition coefficient (Wildman–Crippen LogP) is 4.11. The highest BCUT2D eigenvalue weighted by molar-refractivity contribution is 9.10. The van der Waals surface area contributed by atoms with Crippen LogP contribution >= 0.6 is 15.9 Å². The summed E-state index contributed by atoms with van der Waals surface area (Å²) in [4.78, 5) is 1.69. The van der Waals surface area contributed by atoms with Gasteiger partial charge in [-0.3, -0.25) is 4.90 Å². The molecule has 2 nitrogen and oxygen atoms in total. The Morgan fingerprint density at radius 1 is 1.25 bits per heavy atom. The number of hydrogen-bond donors (Lipinski definition) is 1. The molecule has 0 aliphatic carbocycles. The van der Waals surface area contributed by atoms with E-state index in [-0.39, 0.29) is 18.6 Å². The first-order chi connectivity index (χ1) is 9.24. The van der Waals surface area contributed by atoms with Crippen LogP contribution in [0.3, 0.4) is 0 Å². The molecular weight excluding hydrogens is 333 g/mol. The molecule has 2 atom stereocenters. The van der Waals surface area contributed by atoms with Gasteiger partial charge in [0, 0.05) is 23.1 Å². The molecule has 1 aromatic carbocycles. The lowest BCUT2D eigenvalue weighted by Crippen LogP contribution is -2.40. The van der Waals surface area contributed by atoms with E-state index in [1.165, 1.54) is 0 Å². The Morgan fingerprint density at radius 3 is 2.25 bits per heavy atom. The second-order valence-electron chi connectivity index (χ2n) is 4.91. The molecule has 0 bridgehead atoms. The van der Waals surface area contributed by atoms with Crippen molar-refractivity contribution in [2.75, 3.05) is 13.6 Å². The molecule has 1 rings (SSSR count). The van der Waals surface area contributed by atoms with Crippen LogP contribution < -0.4 is 5.73 Å². The average Bonchev–Trinajstić information content (AvgIpc) is 2.38. The molecule has 0 aromatic heterocycles. The van der Waals surface area contributed by atoms with Crippen molar-refractivity contribution in [2.45, 2.75) is 38.0 Å². The van der Waals surface area contributed by atoms with Gasteiger partial charge < -0.3 is 5.73 Å². The number of nitrogens with zero attached hydrogens (tertiary/aromatic N) is 1. The largest absolute Gasteiger partial charge is 0.390 e. The summed E-state index contributed by atoms with van der Waals surface area (Å²) in [7, 11) is 1.69. The van der Waals surface area contributed by atoms with E-state index < -0.39 is 12.6 Å². The normalized spacial score (nSPS) is 15.4. The van der Waals surface area contributed by atoms with Gasteiger partial charge in [0.05, 0.1) is 6.42 Å². The van der Waals surface area contributed by atoms with Gasteiger partial charge in [-0.25, -0.2) is 0 Å². The van der Waals surface area contributed by atoms with Crippen LogP contribution in [0.4, 0.5) is 13.2 Å². The Bertz CT molecular complexity index is 406. The Hall–Kier alpha value is -0.590. The molecule has 0 aliphatic heterocycles. The van der Waals surface area contributed by atoms with Crippen LogP contribution in [0.1, 0.15) is 31.4 Å². The molecule has 0 saturated carbocycles. The molecule has 0 aliphatic rings. The third-order valence-corrected chi connectivity index (χ3v) is 3.84. The lowest BCUT2D eigenvalue weighted by atomic mass is 9.96. The van der Waals surface area contributed by atoms with E-state index in [4.69, 9.17) is 5.73 Å². The van der Waals surface area contributed by atoms with Crippen molar-refractivity contribution in [1.82, 2.24) is 4.90 Å². The van der Waals surface area contributed by atoms with Gasteiger partial charge in [0.2, 0.25) is 0 Å². The van der Waals surface area contributed by atoms with E-state index in [9.17, 15) is 13.2 Å². The fraction of sp³-hybridized carbons (Fsp3) is 0.571. The molecule has 0 amide bonds. The first-order valence-electron chi connectivity index (χ1n) is 6.52. The third kappa shape index (κ3) is 5.42. The van der Waals surface area contributed by atoms with Gasteiger partial charge in [-0.15, -0.1) is 0 Å². The monoisotopic (exact) mass is 352 g/mol. The molecule has 0 heterocycles. The number of benzene rings is 1. The number of nitrogens with two attached hydrogens (primary N) is 1. The summed E-state index contributed by atoms with van der Waals surface area (Å²) in [5.74, 6) is 0. The van der Waals surface area contributed by atoms with Gasteiger partial charge in [-0.1, -0.05) is 35.0 Å². The highest BCUT2D eigenvalue weighted by atomic mass is 79.9. The summed E-state index contributed by atoms with van der Waals surface area (Å²) < 4.78 is 38.0. The van der Waals surface area contributed by atoms with E-state index in [1.807, 2.05) is 31.2 Å². The minimum atomic E-state index is -4.14. The highest BCUT2D eigenvalue weighted by Crippen LogP contribution is 2.27. The van der Waals surface area contributed by atoms with Gasteiger partial charge in [0.25, 0.3) is 0 Å². The maximum absolute atomic E-state index is 12.4. The number of alkyl halides is 3. The van der Waals surface area contributed by atoms with Gasteiger partial charge >= 0.3 is 6.18 Å². The quantitative estimate of drug-likeness (QED) is 0.834. The zero-order valence-electron chi connectivity index (χ0n) is 11.6. The Labute approximate surface area is 126 Å². The lowest BCUT2D eigenvalue weighted by molar-refractivity contribution is -0.138. The zero-order valence-corrected chi connectivity index (χ0v) is 13.2. The molecule has 0 saturated heterocycles. The molecule has 0 spiro atoms. The number of likely N-dealkylation sites (N-methyl/N-ethyl adjacent to an activating group) is 1. The molecule has 1 aromatic rings. The molecule has 6 heteroatoms. The van der Waals surface area contributed by atoms with Gasteiger partial charge in [-0.05, 0) is 31.2 Å². The van der Waals surface area contributed by atoms with Gasteiger partial charge in [-0.2, -0.15) is 13.2 Å². The fourth-order valence-corrected chi connectivity index (χ4v) is 2.42. The standard InChI is InChI=1S/C14H20BrF3N2/c1-3-12(19)13(10-4-6-11(15)7-5-10)20(2)9-8-14(16,17)18/h4-7,12-13H,3,8-9,19H2,1-2H3. The minimum absolute atomic E-state index is 0.0576. The third-order valence-electron chi connectivity index (χ3n) is 3.31. The first-order valence-corrected chi connectivity index (χ1v) is 7.32. The maximum Gasteiger partial charge on any atom is 0.390 e. The minimum Gasteiger partial charge on any atom is -0.326 e. The van der Waals surface area contributed by atoms with Gasteiger partial charge in [0.1, 0.15) is 0 Å². The number of halogens is 4. The van der Waals surface area contributed by atoms with E-state index in [0.717, 1.165) is 10.0 Å². The highest BCUT2D eigenvalue weighted by Gasteiger charge is 2.30. The Balaban J connectivity index is 2.86. The molecule has 2 N–H and O–H groups in total. The van der Waals surface area contributed by atoms with Gasteiger partial charge in [0.15, 0.2) is 0 Å². The smallest absolute Gasteiger partial charge is 0.326 e. The number of hydrogen-bond acceptors (Lipinski definition) is 2. The van der Waals surface area contributed by atoms with Crippen molar-refractivity contribution in [3.8, 4) is 0 Å². The van der Waals surface area contributed by atoms with Crippen molar-refractivity contribution < 1.29 is 13.2 Å². The van der Waals surface area contributed by atoms with Crippen molar-refractivity contribution in [3.05, 3.63) is 34.3 Å². The second-order valence-corrected chi connectivity index (χ2v) is 5.83. The van der Waals surface area contributed by atoms with Crippen LogP contribution in [-0.4, -0.2) is 30.7 Å². The van der Waals surface area contributed by atoms with Crippen LogP contribution in [0.2, 0.25) is 0 Å². The maximum atomic E-state index is 12.4. The van der Waals surface area contributed by atoms with E-state index in [1.54, 1.807) is 11.9 Å². The predicted molar refractivity (Wildman–Crippen MR) is 78.5 cm³/mol. The second kappa shape index (κ2) is 7.43. The van der Waals surface area contributed by atoms with Crippen molar-refractivity contribution in [1.29, 1.82) is 0 Å². The van der Waals surface area contributed by atoms with Crippen LogP contribution in [0, 0.1) is 0 Å².